The Balaban J connectivity index is 2.03. The van der Waals surface area contributed by atoms with Crippen molar-refractivity contribution in [2.24, 2.45) is 0 Å². The summed E-state index contributed by atoms with van der Waals surface area (Å²) in [6, 6.07) is 11.0. The van der Waals surface area contributed by atoms with Crippen LogP contribution in [0.1, 0.15) is 16.8 Å². The number of halogens is 2. The van der Waals surface area contributed by atoms with Gasteiger partial charge in [0, 0.05) is 16.3 Å². The second-order valence-corrected chi connectivity index (χ2v) is 9.13. The Morgan fingerprint density at radius 2 is 1.85 bits per heavy atom. The summed E-state index contributed by atoms with van der Waals surface area (Å²) < 4.78 is 29.0. The first-order valence-corrected chi connectivity index (χ1v) is 10.5. The highest BCUT2D eigenvalue weighted by Gasteiger charge is 2.36. The molecule has 0 spiro atoms. The molecule has 0 aliphatic carbocycles. The molecule has 1 saturated heterocycles. The van der Waals surface area contributed by atoms with Crippen LogP contribution in [0.3, 0.4) is 0 Å². The topological polar surface area (TPSA) is 63.7 Å². The molecule has 1 fully saturated rings. The molecule has 1 heterocycles. The van der Waals surface area contributed by atoms with Crippen molar-refractivity contribution in [3.8, 4) is 5.75 Å². The maximum Gasteiger partial charge on any atom is 0.258 e. The Kier molecular flexibility index (Phi) is 5.46. The molecule has 5 nitrogen and oxygen atoms in total. The summed E-state index contributed by atoms with van der Waals surface area (Å²) in [6.07, 6.45) is 0.380. The molecular weight excluding hydrogens is 397 g/mol. The Morgan fingerprint density at radius 3 is 2.38 bits per heavy atom. The Hall–Kier alpha value is -1.76. The summed E-state index contributed by atoms with van der Waals surface area (Å²) in [7, 11) is -1.67. The minimum atomic E-state index is -3.17. The molecule has 8 heteroatoms. The van der Waals surface area contributed by atoms with Crippen molar-refractivity contribution in [2.75, 3.05) is 23.5 Å². The van der Waals surface area contributed by atoms with Gasteiger partial charge in [-0.2, -0.15) is 0 Å². The van der Waals surface area contributed by atoms with Gasteiger partial charge >= 0.3 is 0 Å². The van der Waals surface area contributed by atoms with E-state index in [2.05, 4.69) is 0 Å². The maximum atomic E-state index is 13.1. The lowest BCUT2D eigenvalue weighted by molar-refractivity contribution is 0.0979. The van der Waals surface area contributed by atoms with Gasteiger partial charge in [0.05, 0.1) is 29.7 Å². The van der Waals surface area contributed by atoms with Gasteiger partial charge in [-0.25, -0.2) is 8.42 Å². The first-order valence-electron chi connectivity index (χ1n) is 7.94. The van der Waals surface area contributed by atoms with Crippen LogP contribution in [-0.4, -0.2) is 39.0 Å². The number of benzene rings is 2. The van der Waals surface area contributed by atoms with Gasteiger partial charge in [-0.1, -0.05) is 23.2 Å². The summed E-state index contributed by atoms with van der Waals surface area (Å²) in [5, 5.41) is 0.865. The summed E-state index contributed by atoms with van der Waals surface area (Å²) in [5.41, 5.74) is 0.948. The van der Waals surface area contributed by atoms with E-state index in [-0.39, 0.29) is 17.4 Å². The lowest BCUT2D eigenvalue weighted by Gasteiger charge is -2.29. The SMILES string of the molecule is COc1ccc(N(C(=O)c2ccc(Cl)cc2)C2CCS(=O)(=O)C2)cc1Cl. The second kappa shape index (κ2) is 7.47. The molecule has 1 atom stereocenters. The van der Waals surface area contributed by atoms with E-state index in [4.69, 9.17) is 27.9 Å². The first-order chi connectivity index (χ1) is 12.3. The third kappa shape index (κ3) is 3.98. The lowest BCUT2D eigenvalue weighted by atomic mass is 10.1. The zero-order valence-electron chi connectivity index (χ0n) is 14.0. The fourth-order valence-electron chi connectivity index (χ4n) is 3.01. The normalized spacial score (nSPS) is 18.5. The van der Waals surface area contributed by atoms with Crippen molar-refractivity contribution in [1.29, 1.82) is 0 Å². The number of carbonyl (C=O) groups is 1. The van der Waals surface area contributed by atoms with Gasteiger partial charge in [-0.05, 0) is 48.9 Å². The van der Waals surface area contributed by atoms with E-state index in [0.29, 0.717) is 33.5 Å². The smallest absolute Gasteiger partial charge is 0.258 e. The molecule has 0 bridgehead atoms. The molecule has 2 aromatic rings. The van der Waals surface area contributed by atoms with Crippen molar-refractivity contribution in [3.63, 3.8) is 0 Å². The predicted octanol–water partition coefficient (Wildman–Crippen LogP) is 3.84. The van der Waals surface area contributed by atoms with Crippen LogP contribution in [0.5, 0.6) is 5.75 Å². The molecule has 0 aromatic heterocycles. The Morgan fingerprint density at radius 1 is 1.15 bits per heavy atom. The average molecular weight is 414 g/mol. The molecule has 1 aliphatic rings. The quantitative estimate of drug-likeness (QED) is 0.763. The van der Waals surface area contributed by atoms with E-state index in [9.17, 15) is 13.2 Å². The van der Waals surface area contributed by atoms with Crippen LogP contribution in [0, 0.1) is 0 Å². The summed E-state index contributed by atoms with van der Waals surface area (Å²) in [5.74, 6) is 0.167. The Labute approximate surface area is 162 Å². The van der Waals surface area contributed by atoms with E-state index in [1.807, 2.05) is 0 Å². The van der Waals surface area contributed by atoms with Crippen LogP contribution in [-0.2, 0) is 9.84 Å². The van der Waals surface area contributed by atoms with Gasteiger partial charge < -0.3 is 9.64 Å². The van der Waals surface area contributed by atoms with Crippen LogP contribution >= 0.6 is 23.2 Å². The van der Waals surface area contributed by atoms with Crippen molar-refractivity contribution >= 4 is 44.6 Å². The van der Waals surface area contributed by atoms with Gasteiger partial charge in [0.15, 0.2) is 9.84 Å². The van der Waals surface area contributed by atoms with Crippen LogP contribution in [0.25, 0.3) is 0 Å². The third-order valence-corrected chi connectivity index (χ3v) is 6.59. The zero-order chi connectivity index (χ0) is 18.9. The number of ether oxygens (including phenoxy) is 1. The van der Waals surface area contributed by atoms with Crippen LogP contribution < -0.4 is 9.64 Å². The number of hydrogen-bond acceptors (Lipinski definition) is 4. The zero-order valence-corrected chi connectivity index (χ0v) is 16.3. The number of amides is 1. The van der Waals surface area contributed by atoms with E-state index in [0.717, 1.165) is 0 Å². The first kappa shape index (κ1) is 19.0. The van der Waals surface area contributed by atoms with Crippen LogP contribution in [0.2, 0.25) is 10.0 Å². The summed E-state index contributed by atoms with van der Waals surface area (Å²) in [4.78, 5) is 14.6. The van der Waals surface area contributed by atoms with E-state index in [1.54, 1.807) is 42.5 Å². The van der Waals surface area contributed by atoms with Gasteiger partial charge in [-0.3, -0.25) is 4.79 Å². The van der Waals surface area contributed by atoms with E-state index < -0.39 is 15.9 Å². The van der Waals surface area contributed by atoms with Crippen LogP contribution in [0.4, 0.5) is 5.69 Å². The third-order valence-electron chi connectivity index (χ3n) is 4.30. The molecule has 0 radical (unpaired) electrons. The maximum absolute atomic E-state index is 13.1. The van der Waals surface area contributed by atoms with Crippen molar-refractivity contribution < 1.29 is 17.9 Å². The largest absolute Gasteiger partial charge is 0.495 e. The highest BCUT2D eigenvalue weighted by atomic mass is 35.5. The highest BCUT2D eigenvalue weighted by molar-refractivity contribution is 7.91. The van der Waals surface area contributed by atoms with Gasteiger partial charge in [0.25, 0.3) is 5.91 Å². The predicted molar refractivity (Wildman–Crippen MR) is 103 cm³/mol. The number of rotatable bonds is 4. The minimum Gasteiger partial charge on any atom is -0.495 e. The van der Waals surface area contributed by atoms with Gasteiger partial charge in [0.1, 0.15) is 5.75 Å². The molecule has 1 amide bonds. The second-order valence-electron chi connectivity index (χ2n) is 6.06. The number of hydrogen-bond donors (Lipinski definition) is 0. The molecule has 0 N–H and O–H groups in total. The molecular formula is C18H17Cl2NO4S. The van der Waals surface area contributed by atoms with E-state index >= 15 is 0 Å². The monoisotopic (exact) mass is 413 g/mol. The van der Waals surface area contributed by atoms with E-state index in [1.165, 1.54) is 12.0 Å². The molecule has 26 heavy (non-hydrogen) atoms. The number of sulfone groups is 1. The van der Waals surface area contributed by atoms with Crippen LogP contribution in [0.15, 0.2) is 42.5 Å². The number of nitrogens with zero attached hydrogens (tertiary/aromatic N) is 1. The molecule has 0 saturated carbocycles. The standard InChI is InChI=1S/C18H17Cl2NO4S/c1-25-17-7-6-14(10-16(17)20)21(15-8-9-26(23,24)11-15)18(22)12-2-4-13(19)5-3-12/h2-7,10,15H,8-9,11H2,1H3. The Bertz CT molecular complexity index is 929. The molecule has 1 unspecified atom stereocenters. The van der Waals surface area contributed by atoms with Crippen molar-refractivity contribution in [1.82, 2.24) is 0 Å². The van der Waals surface area contributed by atoms with Gasteiger partial charge in [-0.15, -0.1) is 0 Å². The number of methoxy groups -OCH3 is 1. The molecule has 1 aliphatic heterocycles. The van der Waals surface area contributed by atoms with Crippen molar-refractivity contribution in [3.05, 3.63) is 58.1 Å². The average Bonchev–Trinajstić information content (AvgIpc) is 2.95. The fourth-order valence-corrected chi connectivity index (χ4v) is 5.09. The van der Waals surface area contributed by atoms with Gasteiger partial charge in [0.2, 0.25) is 0 Å². The lowest BCUT2D eigenvalue weighted by Crippen LogP contribution is -2.41. The molecule has 3 rings (SSSR count). The summed E-state index contributed by atoms with van der Waals surface area (Å²) >= 11 is 12.1. The highest BCUT2D eigenvalue weighted by Crippen LogP contribution is 2.33. The minimum absolute atomic E-state index is 0.0615. The number of anilines is 1. The fraction of sp³-hybridized carbons (Fsp3) is 0.278. The van der Waals surface area contributed by atoms with Crippen molar-refractivity contribution in [2.45, 2.75) is 12.5 Å². The molecule has 138 valence electrons. The number of carbonyl (C=O) groups excluding carboxylic acids is 1. The summed E-state index contributed by atoms with van der Waals surface area (Å²) in [6.45, 7) is 0. The molecule has 2 aromatic carbocycles.